The van der Waals surface area contributed by atoms with E-state index in [2.05, 4.69) is 27.8 Å². The number of halogens is 1. The predicted molar refractivity (Wildman–Crippen MR) is 130 cm³/mol. The van der Waals surface area contributed by atoms with Crippen LogP contribution in [0.3, 0.4) is 0 Å². The number of amides is 1. The molecule has 2 aromatic heterocycles. The highest BCUT2D eigenvalue weighted by Gasteiger charge is 2.36. The minimum atomic E-state index is -0.409. The van der Waals surface area contributed by atoms with E-state index in [-0.39, 0.29) is 11.6 Å². The lowest BCUT2D eigenvalue weighted by Crippen LogP contribution is -2.52. The minimum absolute atomic E-state index is 0.153. The van der Waals surface area contributed by atoms with Gasteiger partial charge >= 0.3 is 0 Å². The molecule has 3 aliphatic heterocycles. The van der Waals surface area contributed by atoms with Gasteiger partial charge in [0.25, 0.3) is 5.91 Å². The first-order valence-corrected chi connectivity index (χ1v) is 12.0. The molecule has 5 heterocycles. The summed E-state index contributed by atoms with van der Waals surface area (Å²) in [4.78, 5) is 24.2. The zero-order chi connectivity index (χ0) is 23.4. The van der Waals surface area contributed by atoms with Gasteiger partial charge in [-0.3, -0.25) is 14.6 Å². The Bertz CT molecular complexity index is 1330. The Balaban J connectivity index is 1.28. The molecule has 0 aromatic carbocycles. The number of imidazole rings is 1. The molecule has 1 amide bonds. The van der Waals surface area contributed by atoms with E-state index in [9.17, 15) is 9.18 Å². The van der Waals surface area contributed by atoms with Crippen LogP contribution in [0.15, 0.2) is 72.5 Å². The maximum Gasteiger partial charge on any atom is 0.255 e. The third-order valence-electron chi connectivity index (χ3n) is 7.04. The molecule has 0 bridgehead atoms. The summed E-state index contributed by atoms with van der Waals surface area (Å²) >= 11 is 0. The number of fused-ring (bicyclic) bond motifs is 2. The molecule has 1 saturated heterocycles. The number of carbonyl (C=O) groups is 1. The fourth-order valence-electron chi connectivity index (χ4n) is 5.19. The fourth-order valence-corrected chi connectivity index (χ4v) is 5.19. The zero-order valence-corrected chi connectivity index (χ0v) is 19.5. The number of aryl methyl sites for hydroxylation is 1. The molecule has 1 atom stereocenters. The number of allylic oxidation sites excluding steroid dienone is 6. The minimum Gasteiger partial charge on any atom is -0.367 e. The highest BCUT2D eigenvalue weighted by Crippen LogP contribution is 2.32. The second kappa shape index (κ2) is 8.09. The third kappa shape index (κ3) is 3.80. The Morgan fingerprint density at radius 2 is 1.91 bits per heavy atom. The topological polar surface area (TPSA) is 44.1 Å². The van der Waals surface area contributed by atoms with Crippen LogP contribution in [0.1, 0.15) is 31.0 Å². The molecule has 6 rings (SSSR count). The van der Waals surface area contributed by atoms with E-state index < -0.39 is 5.82 Å². The standard InChI is InChI=1S/C27H28FN5O/c1-18-14-31-16-21(12-25(28)27(31)29-18)20-4-3-5-22-8-9-24(17-33(22)26(34)13-20)30-10-11-32(19(2)15-30)23-6-7-23/h3-5,8-9,12-14,16-17,19,23H,6-7,10-11,15H2,1-2H3/b4-3+,20-13+,22-5+/t19-/m0/s1. The van der Waals surface area contributed by atoms with Crippen LogP contribution >= 0.6 is 0 Å². The van der Waals surface area contributed by atoms with Crippen molar-refractivity contribution in [2.75, 3.05) is 19.6 Å². The lowest BCUT2D eigenvalue weighted by Gasteiger charge is -2.42. The van der Waals surface area contributed by atoms with Crippen molar-refractivity contribution < 1.29 is 9.18 Å². The van der Waals surface area contributed by atoms with E-state index in [1.165, 1.54) is 18.9 Å². The van der Waals surface area contributed by atoms with Gasteiger partial charge in [-0.15, -0.1) is 0 Å². The van der Waals surface area contributed by atoms with Gasteiger partial charge < -0.3 is 9.30 Å². The molecular weight excluding hydrogens is 429 g/mol. The van der Waals surface area contributed by atoms with E-state index >= 15 is 0 Å². The molecular formula is C27H28FN5O. The van der Waals surface area contributed by atoms with Crippen LogP contribution < -0.4 is 0 Å². The molecule has 34 heavy (non-hydrogen) atoms. The van der Waals surface area contributed by atoms with Crippen molar-refractivity contribution in [1.29, 1.82) is 0 Å². The SMILES string of the molecule is Cc1cn2cc(C3=C\C(=O)N4C=C(N5CCN(C6CC6)[C@@H](C)C5)C=C\C4=C/C=C/3)cc(F)c2n1. The van der Waals surface area contributed by atoms with E-state index in [1.54, 1.807) is 21.6 Å². The zero-order valence-electron chi connectivity index (χ0n) is 19.5. The lowest BCUT2D eigenvalue weighted by molar-refractivity contribution is -0.122. The molecule has 7 heteroatoms. The van der Waals surface area contributed by atoms with Gasteiger partial charge in [-0.2, -0.15) is 0 Å². The van der Waals surface area contributed by atoms with Crippen molar-refractivity contribution in [2.45, 2.75) is 38.8 Å². The van der Waals surface area contributed by atoms with Gasteiger partial charge in [0.15, 0.2) is 11.5 Å². The fraction of sp³-hybridized carbons (Fsp3) is 0.333. The average molecular weight is 458 g/mol. The number of nitrogens with zero attached hydrogens (tertiary/aromatic N) is 5. The first-order valence-electron chi connectivity index (χ1n) is 12.0. The molecule has 1 saturated carbocycles. The molecule has 4 aliphatic rings. The van der Waals surface area contributed by atoms with Crippen molar-refractivity contribution in [2.24, 2.45) is 0 Å². The van der Waals surface area contributed by atoms with Crippen LogP contribution in [0.25, 0.3) is 11.2 Å². The smallest absolute Gasteiger partial charge is 0.255 e. The Kier molecular flexibility index (Phi) is 5.03. The van der Waals surface area contributed by atoms with Crippen LogP contribution in [0, 0.1) is 12.7 Å². The van der Waals surface area contributed by atoms with Crippen molar-refractivity contribution in [3.05, 3.63) is 89.6 Å². The van der Waals surface area contributed by atoms with Gasteiger partial charge in [-0.05, 0) is 56.6 Å². The summed E-state index contributed by atoms with van der Waals surface area (Å²) in [5, 5.41) is 0. The van der Waals surface area contributed by atoms with Crippen LogP contribution in [-0.2, 0) is 4.79 Å². The maximum atomic E-state index is 14.7. The summed E-state index contributed by atoms with van der Waals surface area (Å²) in [5.74, 6) is -0.562. The van der Waals surface area contributed by atoms with Crippen LogP contribution in [-0.4, -0.2) is 61.7 Å². The van der Waals surface area contributed by atoms with Crippen LogP contribution in [0.5, 0.6) is 0 Å². The van der Waals surface area contributed by atoms with Gasteiger partial charge in [0.05, 0.1) is 11.4 Å². The quantitative estimate of drug-likeness (QED) is 0.698. The Labute approximate surface area is 198 Å². The van der Waals surface area contributed by atoms with E-state index in [1.807, 2.05) is 43.6 Å². The molecule has 0 unspecified atom stereocenters. The number of rotatable bonds is 3. The molecule has 2 aromatic rings. The monoisotopic (exact) mass is 457 g/mol. The number of aromatic nitrogens is 2. The number of hydrogen-bond acceptors (Lipinski definition) is 4. The van der Waals surface area contributed by atoms with E-state index in [4.69, 9.17) is 0 Å². The van der Waals surface area contributed by atoms with Crippen molar-refractivity contribution in [1.82, 2.24) is 24.1 Å². The second-order valence-corrected chi connectivity index (χ2v) is 9.60. The molecule has 0 N–H and O–H groups in total. The largest absolute Gasteiger partial charge is 0.367 e. The van der Waals surface area contributed by atoms with E-state index in [0.717, 1.165) is 42.8 Å². The van der Waals surface area contributed by atoms with Gasteiger partial charge in [0, 0.05) is 67.6 Å². The predicted octanol–water partition coefficient (Wildman–Crippen LogP) is 4.03. The summed E-state index contributed by atoms with van der Waals surface area (Å²) in [5.41, 5.74) is 4.18. The lowest BCUT2D eigenvalue weighted by atomic mass is 10.0. The molecule has 6 nitrogen and oxygen atoms in total. The average Bonchev–Trinajstić information content (AvgIpc) is 3.57. The van der Waals surface area contributed by atoms with Gasteiger partial charge in [-0.25, -0.2) is 9.37 Å². The Morgan fingerprint density at radius 3 is 2.71 bits per heavy atom. The van der Waals surface area contributed by atoms with Gasteiger partial charge in [-0.1, -0.05) is 12.2 Å². The Morgan fingerprint density at radius 1 is 1.09 bits per heavy atom. The first kappa shape index (κ1) is 21.1. The summed E-state index contributed by atoms with van der Waals surface area (Å²) in [7, 11) is 0. The number of pyridine rings is 1. The normalized spacial score (nSPS) is 27.4. The highest BCUT2D eigenvalue weighted by molar-refractivity contribution is 5.99. The van der Waals surface area contributed by atoms with Crippen molar-refractivity contribution in [3.8, 4) is 0 Å². The summed E-state index contributed by atoms with van der Waals surface area (Å²) < 4.78 is 16.3. The molecule has 0 radical (unpaired) electrons. The second-order valence-electron chi connectivity index (χ2n) is 9.60. The highest BCUT2D eigenvalue weighted by atomic mass is 19.1. The van der Waals surface area contributed by atoms with Gasteiger partial charge in [0.2, 0.25) is 0 Å². The number of carbonyl (C=O) groups excluding carboxylic acids is 1. The summed E-state index contributed by atoms with van der Waals surface area (Å²) in [6.45, 7) is 7.10. The van der Waals surface area contributed by atoms with Crippen molar-refractivity contribution >= 4 is 17.1 Å². The molecule has 174 valence electrons. The first-order chi connectivity index (χ1) is 16.5. The molecule has 0 spiro atoms. The van der Waals surface area contributed by atoms with Gasteiger partial charge in [0.1, 0.15) is 0 Å². The van der Waals surface area contributed by atoms with Crippen LogP contribution in [0.4, 0.5) is 4.39 Å². The summed E-state index contributed by atoms with van der Waals surface area (Å²) in [6.07, 6.45) is 19.5. The maximum absolute atomic E-state index is 14.7. The summed E-state index contributed by atoms with van der Waals surface area (Å²) in [6, 6.07) is 2.71. The van der Waals surface area contributed by atoms with Crippen LogP contribution in [0.2, 0.25) is 0 Å². The number of piperazine rings is 1. The third-order valence-corrected chi connectivity index (χ3v) is 7.04. The van der Waals surface area contributed by atoms with E-state index in [0.29, 0.717) is 17.2 Å². The Hall–Kier alpha value is -3.45. The number of hydrogen-bond donors (Lipinski definition) is 0. The molecule has 2 fully saturated rings. The molecule has 1 aliphatic carbocycles. The van der Waals surface area contributed by atoms with Crippen molar-refractivity contribution in [3.63, 3.8) is 0 Å².